The molecule has 1 heterocycles. The van der Waals surface area contributed by atoms with E-state index in [-0.39, 0.29) is 11.6 Å². The summed E-state index contributed by atoms with van der Waals surface area (Å²) >= 11 is 8.17. The van der Waals surface area contributed by atoms with Gasteiger partial charge in [0.1, 0.15) is 11.5 Å². The van der Waals surface area contributed by atoms with Gasteiger partial charge in [0.25, 0.3) is 5.91 Å². The van der Waals surface area contributed by atoms with E-state index in [1.807, 2.05) is 24.3 Å². The van der Waals surface area contributed by atoms with Gasteiger partial charge >= 0.3 is 0 Å². The molecular formula is C13H11ClIN3O. The van der Waals surface area contributed by atoms with Crippen molar-refractivity contribution in [1.29, 1.82) is 0 Å². The van der Waals surface area contributed by atoms with Gasteiger partial charge in [0.05, 0.1) is 5.02 Å². The van der Waals surface area contributed by atoms with Crippen molar-refractivity contribution in [3.05, 3.63) is 50.7 Å². The first kappa shape index (κ1) is 14.1. The Balaban J connectivity index is 2.25. The van der Waals surface area contributed by atoms with E-state index < -0.39 is 0 Å². The minimum Gasteiger partial charge on any atom is -0.373 e. The molecule has 0 saturated carbocycles. The number of carbonyl (C=O) groups is 1. The fourth-order valence-corrected chi connectivity index (χ4v) is 2.23. The Morgan fingerprint density at radius 3 is 2.79 bits per heavy atom. The van der Waals surface area contributed by atoms with Gasteiger partial charge in [-0.25, -0.2) is 4.98 Å². The molecule has 0 radical (unpaired) electrons. The van der Waals surface area contributed by atoms with Crippen molar-refractivity contribution in [2.75, 3.05) is 17.7 Å². The molecule has 2 aromatic rings. The Kier molecular flexibility index (Phi) is 4.60. The molecule has 1 aromatic heterocycles. The third-order valence-electron chi connectivity index (χ3n) is 2.40. The number of hydrogen-bond donors (Lipinski definition) is 2. The lowest BCUT2D eigenvalue weighted by Crippen LogP contribution is -2.15. The second kappa shape index (κ2) is 6.21. The van der Waals surface area contributed by atoms with Gasteiger partial charge in [0.15, 0.2) is 0 Å². The van der Waals surface area contributed by atoms with Crippen LogP contribution in [0.25, 0.3) is 0 Å². The number of rotatable bonds is 3. The van der Waals surface area contributed by atoms with E-state index in [1.165, 1.54) is 0 Å². The van der Waals surface area contributed by atoms with Gasteiger partial charge in [-0.15, -0.1) is 0 Å². The normalized spacial score (nSPS) is 10.1. The third kappa shape index (κ3) is 3.57. The molecule has 0 aliphatic carbocycles. The molecule has 0 aliphatic heterocycles. The lowest BCUT2D eigenvalue weighted by Gasteiger charge is -2.08. The molecule has 4 nitrogen and oxygen atoms in total. The molecule has 1 amide bonds. The van der Waals surface area contributed by atoms with E-state index in [1.54, 1.807) is 19.2 Å². The maximum atomic E-state index is 12.1. The molecule has 0 unspecified atom stereocenters. The molecule has 0 fully saturated rings. The van der Waals surface area contributed by atoms with Crippen LogP contribution in [0.5, 0.6) is 0 Å². The Morgan fingerprint density at radius 1 is 1.32 bits per heavy atom. The van der Waals surface area contributed by atoms with Crippen molar-refractivity contribution < 1.29 is 4.79 Å². The summed E-state index contributed by atoms with van der Waals surface area (Å²) in [6, 6.07) is 10.9. The smallest absolute Gasteiger partial charge is 0.275 e. The summed E-state index contributed by atoms with van der Waals surface area (Å²) in [4.78, 5) is 16.3. The number of benzene rings is 1. The first-order chi connectivity index (χ1) is 9.10. The maximum Gasteiger partial charge on any atom is 0.275 e. The Labute approximate surface area is 129 Å². The highest BCUT2D eigenvalue weighted by Gasteiger charge is 2.13. The van der Waals surface area contributed by atoms with Crippen molar-refractivity contribution in [1.82, 2.24) is 4.98 Å². The van der Waals surface area contributed by atoms with Crippen LogP contribution in [0.15, 0.2) is 36.4 Å². The zero-order valence-corrected chi connectivity index (χ0v) is 13.0. The second-order valence-corrected chi connectivity index (χ2v) is 5.39. The second-order valence-electron chi connectivity index (χ2n) is 3.74. The summed E-state index contributed by atoms with van der Waals surface area (Å²) in [5, 5.41) is 5.97. The van der Waals surface area contributed by atoms with Gasteiger partial charge in [-0.2, -0.15) is 0 Å². The van der Waals surface area contributed by atoms with Crippen LogP contribution in [0.2, 0.25) is 5.02 Å². The van der Waals surface area contributed by atoms with Gasteiger partial charge in [-0.1, -0.05) is 17.7 Å². The van der Waals surface area contributed by atoms with Gasteiger partial charge < -0.3 is 10.6 Å². The molecular weight excluding hydrogens is 377 g/mol. The number of anilines is 2. The molecule has 2 N–H and O–H groups in total. The number of amides is 1. The number of nitrogens with one attached hydrogen (secondary N) is 2. The van der Waals surface area contributed by atoms with Crippen molar-refractivity contribution >= 4 is 51.6 Å². The number of nitrogens with zero attached hydrogens (tertiary/aromatic N) is 1. The molecule has 2 rings (SSSR count). The first-order valence-electron chi connectivity index (χ1n) is 5.51. The fourth-order valence-electron chi connectivity index (χ4n) is 1.50. The van der Waals surface area contributed by atoms with E-state index in [0.717, 1.165) is 3.57 Å². The van der Waals surface area contributed by atoms with Crippen LogP contribution >= 0.6 is 34.2 Å². The minimum atomic E-state index is -0.330. The summed E-state index contributed by atoms with van der Waals surface area (Å²) in [5.74, 6) is 0.265. The van der Waals surface area contributed by atoms with Crippen LogP contribution in [0, 0.1) is 3.57 Å². The molecule has 0 bridgehead atoms. The summed E-state index contributed by atoms with van der Waals surface area (Å²) < 4.78 is 1.04. The number of pyridine rings is 1. The van der Waals surface area contributed by atoms with E-state index >= 15 is 0 Å². The average Bonchev–Trinajstić information content (AvgIpc) is 2.39. The number of hydrogen-bond acceptors (Lipinski definition) is 3. The Bertz CT molecular complexity index is 619. The maximum absolute atomic E-state index is 12.1. The van der Waals surface area contributed by atoms with Crippen LogP contribution in [-0.4, -0.2) is 17.9 Å². The zero-order valence-electron chi connectivity index (χ0n) is 10.1. The standard InChI is InChI=1S/C13H11ClIN3O/c1-16-11-6-5-10(14)12(18-11)13(19)17-9-4-2-3-8(15)7-9/h2-7H,1H3,(H,16,18)(H,17,19). The van der Waals surface area contributed by atoms with Crippen LogP contribution in [0.3, 0.4) is 0 Å². The summed E-state index contributed by atoms with van der Waals surface area (Å²) in [6.45, 7) is 0. The van der Waals surface area contributed by atoms with E-state index in [4.69, 9.17) is 11.6 Å². The third-order valence-corrected chi connectivity index (χ3v) is 3.38. The monoisotopic (exact) mass is 387 g/mol. The van der Waals surface area contributed by atoms with Gasteiger partial charge in [-0.3, -0.25) is 4.79 Å². The topological polar surface area (TPSA) is 54.0 Å². The van der Waals surface area contributed by atoms with Crippen LogP contribution < -0.4 is 10.6 Å². The average molecular weight is 388 g/mol. The van der Waals surface area contributed by atoms with Crippen LogP contribution in [-0.2, 0) is 0 Å². The van der Waals surface area contributed by atoms with E-state index in [2.05, 4.69) is 38.2 Å². The Morgan fingerprint density at radius 2 is 2.11 bits per heavy atom. The lowest BCUT2D eigenvalue weighted by atomic mass is 10.3. The van der Waals surface area contributed by atoms with E-state index in [0.29, 0.717) is 16.5 Å². The molecule has 1 aromatic carbocycles. The van der Waals surface area contributed by atoms with Crippen molar-refractivity contribution in [3.63, 3.8) is 0 Å². The minimum absolute atomic E-state index is 0.201. The molecule has 98 valence electrons. The first-order valence-corrected chi connectivity index (χ1v) is 6.97. The van der Waals surface area contributed by atoms with Gasteiger partial charge in [0, 0.05) is 16.3 Å². The predicted molar refractivity (Wildman–Crippen MR) is 85.9 cm³/mol. The van der Waals surface area contributed by atoms with Crippen LogP contribution in [0.4, 0.5) is 11.5 Å². The van der Waals surface area contributed by atoms with Crippen LogP contribution in [0.1, 0.15) is 10.5 Å². The summed E-state index contributed by atoms with van der Waals surface area (Å²) in [6.07, 6.45) is 0. The van der Waals surface area contributed by atoms with Gasteiger partial charge in [-0.05, 0) is 52.9 Å². The molecule has 19 heavy (non-hydrogen) atoms. The summed E-state index contributed by atoms with van der Waals surface area (Å²) in [7, 11) is 1.73. The molecule has 0 spiro atoms. The SMILES string of the molecule is CNc1ccc(Cl)c(C(=O)Nc2cccc(I)c2)n1. The number of aromatic nitrogens is 1. The summed E-state index contributed by atoms with van der Waals surface area (Å²) in [5.41, 5.74) is 0.914. The Hall–Kier alpha value is -1.34. The molecule has 0 saturated heterocycles. The lowest BCUT2D eigenvalue weighted by molar-refractivity contribution is 0.102. The number of carbonyl (C=O) groups excluding carboxylic acids is 1. The predicted octanol–water partition coefficient (Wildman–Crippen LogP) is 3.63. The molecule has 0 aliphatic rings. The quantitative estimate of drug-likeness (QED) is 0.791. The highest BCUT2D eigenvalue weighted by molar-refractivity contribution is 14.1. The fraction of sp³-hybridized carbons (Fsp3) is 0.0769. The van der Waals surface area contributed by atoms with E-state index in [9.17, 15) is 4.79 Å². The number of halogens is 2. The van der Waals surface area contributed by atoms with Crippen molar-refractivity contribution in [2.24, 2.45) is 0 Å². The highest BCUT2D eigenvalue weighted by atomic mass is 127. The molecule has 0 atom stereocenters. The molecule has 6 heteroatoms. The van der Waals surface area contributed by atoms with Gasteiger partial charge in [0.2, 0.25) is 0 Å². The largest absolute Gasteiger partial charge is 0.373 e. The zero-order chi connectivity index (χ0) is 13.8. The highest BCUT2D eigenvalue weighted by Crippen LogP contribution is 2.19. The van der Waals surface area contributed by atoms with Crippen molar-refractivity contribution in [2.45, 2.75) is 0 Å². The van der Waals surface area contributed by atoms with Crippen molar-refractivity contribution in [3.8, 4) is 0 Å².